The first-order chi connectivity index (χ1) is 8.63. The van der Waals surface area contributed by atoms with Crippen LogP contribution in [0.4, 0.5) is 5.69 Å². The second kappa shape index (κ2) is 7.93. The monoisotopic (exact) mass is 286 g/mol. The van der Waals surface area contributed by atoms with Crippen LogP contribution in [0.3, 0.4) is 0 Å². The van der Waals surface area contributed by atoms with Crippen LogP contribution in [0.2, 0.25) is 5.02 Å². The molecule has 1 unspecified atom stereocenters. The van der Waals surface area contributed by atoms with Crippen molar-refractivity contribution < 1.29 is 0 Å². The molecule has 0 spiro atoms. The molecule has 18 heavy (non-hydrogen) atoms. The van der Waals surface area contributed by atoms with Crippen LogP contribution in [0.1, 0.15) is 18.9 Å². The van der Waals surface area contributed by atoms with Crippen molar-refractivity contribution in [2.24, 2.45) is 0 Å². The molecule has 1 N–H and O–H groups in total. The quantitative estimate of drug-likeness (QED) is 0.824. The van der Waals surface area contributed by atoms with E-state index in [9.17, 15) is 0 Å². The van der Waals surface area contributed by atoms with Gasteiger partial charge in [0.25, 0.3) is 0 Å². The summed E-state index contributed by atoms with van der Waals surface area (Å²) in [5.41, 5.74) is 2.53. The highest BCUT2D eigenvalue weighted by molar-refractivity contribution is 7.98. The van der Waals surface area contributed by atoms with Crippen molar-refractivity contribution in [1.29, 1.82) is 0 Å². The van der Waals surface area contributed by atoms with Crippen molar-refractivity contribution in [2.75, 3.05) is 31.0 Å². The maximum absolute atomic E-state index is 6.08. The van der Waals surface area contributed by atoms with Gasteiger partial charge in [-0.25, -0.2) is 0 Å². The molecule has 0 aromatic heterocycles. The minimum Gasteiger partial charge on any atom is -0.371 e. The number of thioether (sulfide) groups is 1. The minimum atomic E-state index is 0.566. The largest absolute Gasteiger partial charge is 0.371 e. The number of halogens is 1. The van der Waals surface area contributed by atoms with E-state index in [1.54, 1.807) is 0 Å². The minimum absolute atomic E-state index is 0.566. The summed E-state index contributed by atoms with van der Waals surface area (Å²) in [6, 6.07) is 6.71. The van der Waals surface area contributed by atoms with E-state index in [2.05, 4.69) is 42.6 Å². The molecule has 0 bridgehead atoms. The summed E-state index contributed by atoms with van der Waals surface area (Å²) in [7, 11) is 4.14. The Morgan fingerprint density at radius 3 is 2.72 bits per heavy atom. The first-order valence-electron chi connectivity index (χ1n) is 6.28. The molecule has 2 nitrogen and oxygen atoms in total. The van der Waals surface area contributed by atoms with Gasteiger partial charge in [-0.1, -0.05) is 18.5 Å². The van der Waals surface area contributed by atoms with Crippen molar-refractivity contribution in [3.05, 3.63) is 28.8 Å². The van der Waals surface area contributed by atoms with Gasteiger partial charge in [0.1, 0.15) is 0 Å². The molecule has 0 aliphatic carbocycles. The number of benzene rings is 1. The van der Waals surface area contributed by atoms with Crippen molar-refractivity contribution in [2.45, 2.75) is 25.9 Å². The standard InChI is InChI=1S/C14H23ClN2S/c1-5-13(10-18-4)17(3)14-7-6-12(15)8-11(14)9-16-2/h6-8,13,16H,5,9-10H2,1-4H3. The molecule has 0 heterocycles. The van der Waals surface area contributed by atoms with E-state index in [1.807, 2.05) is 24.9 Å². The third kappa shape index (κ3) is 4.08. The highest BCUT2D eigenvalue weighted by Crippen LogP contribution is 2.26. The molecule has 1 rings (SSSR count). The van der Waals surface area contributed by atoms with Crippen molar-refractivity contribution in [3.63, 3.8) is 0 Å². The fourth-order valence-electron chi connectivity index (χ4n) is 2.12. The van der Waals surface area contributed by atoms with Gasteiger partial charge in [0.15, 0.2) is 0 Å². The predicted molar refractivity (Wildman–Crippen MR) is 85.1 cm³/mol. The molecular formula is C14H23ClN2S. The molecular weight excluding hydrogens is 264 g/mol. The highest BCUT2D eigenvalue weighted by Gasteiger charge is 2.15. The molecule has 4 heteroatoms. The molecule has 0 saturated carbocycles. The predicted octanol–water partition coefficient (Wildman–Crippen LogP) is 3.64. The van der Waals surface area contributed by atoms with Gasteiger partial charge in [-0.3, -0.25) is 0 Å². The zero-order valence-electron chi connectivity index (χ0n) is 11.7. The number of nitrogens with one attached hydrogen (secondary N) is 1. The molecule has 0 fully saturated rings. The van der Waals surface area contributed by atoms with Gasteiger partial charge in [-0.2, -0.15) is 11.8 Å². The van der Waals surface area contributed by atoms with Crippen LogP contribution in [-0.2, 0) is 6.54 Å². The van der Waals surface area contributed by atoms with Crippen molar-refractivity contribution >= 4 is 29.1 Å². The summed E-state index contributed by atoms with van der Waals surface area (Å²) in [5, 5.41) is 4.01. The van der Waals surface area contributed by atoms with Crippen LogP contribution >= 0.6 is 23.4 Å². The molecule has 0 aliphatic rings. The van der Waals surface area contributed by atoms with Gasteiger partial charge in [-0.15, -0.1) is 0 Å². The summed E-state index contributed by atoms with van der Waals surface area (Å²) in [4.78, 5) is 2.37. The second-order valence-electron chi connectivity index (χ2n) is 4.43. The average Bonchev–Trinajstić information content (AvgIpc) is 2.36. The Balaban J connectivity index is 2.98. The lowest BCUT2D eigenvalue weighted by Gasteiger charge is -2.30. The van der Waals surface area contributed by atoms with Gasteiger partial charge in [0.05, 0.1) is 0 Å². The highest BCUT2D eigenvalue weighted by atomic mass is 35.5. The lowest BCUT2D eigenvalue weighted by Crippen LogP contribution is -2.34. The number of nitrogens with zero attached hydrogens (tertiary/aromatic N) is 1. The van der Waals surface area contributed by atoms with Gasteiger partial charge < -0.3 is 10.2 Å². The van der Waals surface area contributed by atoms with E-state index in [4.69, 9.17) is 11.6 Å². The molecule has 1 atom stereocenters. The molecule has 0 saturated heterocycles. The maximum Gasteiger partial charge on any atom is 0.0413 e. The lowest BCUT2D eigenvalue weighted by molar-refractivity contribution is 0.667. The van der Waals surface area contributed by atoms with Crippen LogP contribution in [0, 0.1) is 0 Å². The van der Waals surface area contributed by atoms with Gasteiger partial charge in [0.2, 0.25) is 0 Å². The Morgan fingerprint density at radius 2 is 2.17 bits per heavy atom. The van der Waals surface area contributed by atoms with Crippen LogP contribution < -0.4 is 10.2 Å². The molecule has 0 aliphatic heterocycles. The topological polar surface area (TPSA) is 15.3 Å². The molecule has 0 amide bonds. The summed E-state index contributed by atoms with van der Waals surface area (Å²) in [5.74, 6) is 1.15. The van der Waals surface area contributed by atoms with Crippen molar-refractivity contribution in [3.8, 4) is 0 Å². The SMILES string of the molecule is CCC(CSC)N(C)c1ccc(Cl)cc1CNC. The average molecular weight is 287 g/mol. The smallest absolute Gasteiger partial charge is 0.0413 e. The van der Waals surface area contributed by atoms with Gasteiger partial charge >= 0.3 is 0 Å². The maximum atomic E-state index is 6.08. The third-order valence-electron chi connectivity index (χ3n) is 3.17. The lowest BCUT2D eigenvalue weighted by atomic mass is 10.1. The molecule has 1 aromatic rings. The number of rotatable bonds is 7. The van der Waals surface area contributed by atoms with E-state index in [0.29, 0.717) is 6.04 Å². The third-order valence-corrected chi connectivity index (χ3v) is 4.12. The van der Waals surface area contributed by atoms with Crippen LogP contribution in [0.15, 0.2) is 18.2 Å². The van der Waals surface area contributed by atoms with E-state index < -0.39 is 0 Å². The Hall–Kier alpha value is -0.380. The van der Waals surface area contributed by atoms with E-state index in [0.717, 1.165) is 23.7 Å². The van der Waals surface area contributed by atoms with Gasteiger partial charge in [-0.05, 0) is 43.5 Å². The normalized spacial score (nSPS) is 12.5. The first-order valence-corrected chi connectivity index (χ1v) is 8.06. The molecule has 102 valence electrons. The summed E-state index contributed by atoms with van der Waals surface area (Å²) in [6.07, 6.45) is 3.31. The summed E-state index contributed by atoms with van der Waals surface area (Å²) >= 11 is 7.98. The molecule has 0 radical (unpaired) electrons. The fraction of sp³-hybridized carbons (Fsp3) is 0.571. The van der Waals surface area contributed by atoms with Crippen LogP contribution in [-0.4, -0.2) is 32.1 Å². The van der Waals surface area contributed by atoms with Gasteiger partial charge in [0, 0.05) is 36.1 Å². The Bertz CT molecular complexity index is 371. The zero-order chi connectivity index (χ0) is 13.5. The van der Waals surface area contributed by atoms with E-state index in [1.165, 1.54) is 11.3 Å². The Labute approximate surface area is 120 Å². The summed E-state index contributed by atoms with van der Waals surface area (Å²) in [6.45, 7) is 3.08. The summed E-state index contributed by atoms with van der Waals surface area (Å²) < 4.78 is 0. The number of hydrogen-bond donors (Lipinski definition) is 1. The van der Waals surface area contributed by atoms with Crippen molar-refractivity contribution in [1.82, 2.24) is 5.32 Å². The molecule has 1 aromatic carbocycles. The Kier molecular flexibility index (Phi) is 6.90. The van der Waals surface area contributed by atoms with E-state index >= 15 is 0 Å². The second-order valence-corrected chi connectivity index (χ2v) is 5.78. The van der Waals surface area contributed by atoms with Crippen LogP contribution in [0.5, 0.6) is 0 Å². The number of hydrogen-bond acceptors (Lipinski definition) is 3. The fourth-order valence-corrected chi connectivity index (χ4v) is 3.16. The first kappa shape index (κ1) is 15.7. The van der Waals surface area contributed by atoms with E-state index in [-0.39, 0.29) is 0 Å². The van der Waals surface area contributed by atoms with Crippen LogP contribution in [0.25, 0.3) is 0 Å². The Morgan fingerprint density at radius 1 is 1.44 bits per heavy atom. The zero-order valence-corrected chi connectivity index (χ0v) is 13.2. The number of anilines is 1.